The Bertz CT molecular complexity index is 862. The first-order valence-corrected chi connectivity index (χ1v) is 10.8. The third-order valence-corrected chi connectivity index (χ3v) is 5.19. The van der Waals surface area contributed by atoms with Crippen LogP contribution in [0.1, 0.15) is 40.4 Å². The minimum absolute atomic E-state index is 0.0169. The molecule has 0 radical (unpaired) electrons. The average molecular weight is 414 g/mol. The van der Waals surface area contributed by atoms with Gasteiger partial charge in [-0.05, 0) is 37.5 Å². The lowest BCUT2D eigenvalue weighted by Gasteiger charge is -2.09. The molecule has 1 N–H and O–H groups in total. The van der Waals surface area contributed by atoms with Crippen molar-refractivity contribution in [3.05, 3.63) is 64.7 Å². The molecule has 154 valence electrons. The number of nitrogens with one attached hydrogen (secondary N) is 1. The molecule has 0 fully saturated rings. The van der Waals surface area contributed by atoms with Crippen LogP contribution in [-0.2, 0) is 20.7 Å². The molecule has 2 aromatic rings. The number of ketones is 1. The summed E-state index contributed by atoms with van der Waals surface area (Å²) < 4.78 is 5.03. The lowest BCUT2D eigenvalue weighted by atomic mass is 10.1. The molecule has 0 saturated heterocycles. The van der Waals surface area contributed by atoms with Crippen molar-refractivity contribution in [2.24, 2.45) is 0 Å². The summed E-state index contributed by atoms with van der Waals surface area (Å²) >= 11 is 1.15. The van der Waals surface area contributed by atoms with Crippen LogP contribution in [0, 0.1) is 13.8 Å². The maximum absolute atomic E-state index is 12.1. The third-order valence-electron chi connectivity index (χ3n) is 4.29. The standard InChI is InChI=1S/C23H27NO4S/c1-4-5-18-7-9-19(10-8-18)21(25)13-28-23(27)15-29-14-22(26)24-20-11-6-16(2)12-17(20)3/h6-12H,4-5,13-15H2,1-3H3,(H,24,26). The van der Waals surface area contributed by atoms with Crippen molar-refractivity contribution in [1.82, 2.24) is 0 Å². The summed E-state index contributed by atoms with van der Waals surface area (Å²) in [4.78, 5) is 36.0. The highest BCUT2D eigenvalue weighted by Crippen LogP contribution is 2.16. The van der Waals surface area contributed by atoms with E-state index in [1.807, 2.05) is 44.2 Å². The maximum atomic E-state index is 12.1. The van der Waals surface area contributed by atoms with Gasteiger partial charge < -0.3 is 10.1 Å². The second-order valence-electron chi connectivity index (χ2n) is 6.89. The number of amides is 1. The summed E-state index contributed by atoms with van der Waals surface area (Å²) in [6, 6.07) is 13.1. The van der Waals surface area contributed by atoms with Crippen molar-refractivity contribution >= 4 is 35.1 Å². The van der Waals surface area contributed by atoms with Crippen molar-refractivity contribution in [2.45, 2.75) is 33.6 Å². The van der Waals surface area contributed by atoms with E-state index < -0.39 is 5.97 Å². The molecule has 0 aromatic heterocycles. The molecule has 0 atom stereocenters. The van der Waals surface area contributed by atoms with E-state index in [2.05, 4.69) is 12.2 Å². The van der Waals surface area contributed by atoms with Gasteiger partial charge in [0.2, 0.25) is 5.91 Å². The number of Topliss-reactive ketones (excluding diaryl/α,β-unsaturated/α-hetero) is 1. The van der Waals surface area contributed by atoms with Crippen LogP contribution >= 0.6 is 11.8 Å². The van der Waals surface area contributed by atoms with Crippen molar-refractivity contribution in [3.8, 4) is 0 Å². The number of rotatable bonds is 10. The fourth-order valence-electron chi connectivity index (χ4n) is 2.78. The predicted molar refractivity (Wildman–Crippen MR) is 118 cm³/mol. The quantitative estimate of drug-likeness (QED) is 0.463. The second kappa shape index (κ2) is 11.4. The molecule has 0 spiro atoms. The highest BCUT2D eigenvalue weighted by Gasteiger charge is 2.12. The lowest BCUT2D eigenvalue weighted by Crippen LogP contribution is -2.18. The summed E-state index contributed by atoms with van der Waals surface area (Å²) in [5, 5.41) is 2.83. The van der Waals surface area contributed by atoms with E-state index in [1.54, 1.807) is 12.1 Å². The van der Waals surface area contributed by atoms with Gasteiger partial charge in [0.15, 0.2) is 12.4 Å². The molecule has 6 heteroatoms. The molecule has 0 saturated carbocycles. The first kappa shape index (κ1) is 22.7. The molecular formula is C23H27NO4S. The Morgan fingerprint density at radius 3 is 2.38 bits per heavy atom. The summed E-state index contributed by atoms with van der Waals surface area (Å²) in [5.74, 6) is -0.777. The summed E-state index contributed by atoms with van der Waals surface area (Å²) in [6.07, 6.45) is 2.02. The van der Waals surface area contributed by atoms with Crippen LogP contribution in [0.5, 0.6) is 0 Å². The molecular weight excluding hydrogens is 386 g/mol. The molecule has 0 unspecified atom stereocenters. The fourth-order valence-corrected chi connectivity index (χ4v) is 3.39. The van der Waals surface area contributed by atoms with Gasteiger partial charge in [-0.1, -0.05) is 55.3 Å². The first-order valence-electron chi connectivity index (χ1n) is 9.61. The molecule has 29 heavy (non-hydrogen) atoms. The number of benzene rings is 2. The highest BCUT2D eigenvalue weighted by atomic mass is 32.2. The van der Waals surface area contributed by atoms with Gasteiger partial charge in [0.25, 0.3) is 0 Å². The topological polar surface area (TPSA) is 72.5 Å². The number of carbonyl (C=O) groups excluding carboxylic acids is 3. The van der Waals surface area contributed by atoms with Crippen LogP contribution in [0.25, 0.3) is 0 Å². The lowest BCUT2D eigenvalue weighted by molar-refractivity contribution is -0.139. The zero-order valence-electron chi connectivity index (χ0n) is 17.1. The van der Waals surface area contributed by atoms with E-state index in [1.165, 1.54) is 5.56 Å². The number of thioether (sulfide) groups is 1. The number of ether oxygens (including phenoxy) is 1. The van der Waals surface area contributed by atoms with E-state index in [9.17, 15) is 14.4 Å². The van der Waals surface area contributed by atoms with E-state index >= 15 is 0 Å². The Hall–Kier alpha value is -2.60. The number of hydrogen-bond acceptors (Lipinski definition) is 5. The molecule has 2 rings (SSSR count). The minimum Gasteiger partial charge on any atom is -0.457 e. The summed E-state index contributed by atoms with van der Waals surface area (Å²) in [5.41, 5.74) is 4.59. The number of esters is 1. The fraction of sp³-hybridized carbons (Fsp3) is 0.348. The third kappa shape index (κ3) is 7.74. The zero-order valence-corrected chi connectivity index (χ0v) is 17.9. The zero-order chi connectivity index (χ0) is 21.2. The SMILES string of the molecule is CCCc1ccc(C(=O)COC(=O)CSCC(=O)Nc2ccc(C)cc2C)cc1. The van der Waals surface area contributed by atoms with Crippen molar-refractivity contribution in [1.29, 1.82) is 0 Å². The second-order valence-corrected chi connectivity index (χ2v) is 7.88. The van der Waals surface area contributed by atoms with Gasteiger partial charge in [0.05, 0.1) is 11.5 Å². The Labute approximate surface area is 176 Å². The Morgan fingerprint density at radius 1 is 1.00 bits per heavy atom. The molecule has 1 amide bonds. The van der Waals surface area contributed by atoms with E-state index in [0.717, 1.165) is 41.4 Å². The first-order chi connectivity index (χ1) is 13.9. The molecule has 0 bridgehead atoms. The highest BCUT2D eigenvalue weighted by molar-refractivity contribution is 8.00. The van der Waals surface area contributed by atoms with Gasteiger partial charge in [-0.15, -0.1) is 11.8 Å². The minimum atomic E-state index is -0.509. The van der Waals surface area contributed by atoms with Crippen molar-refractivity contribution < 1.29 is 19.1 Å². The molecule has 5 nitrogen and oxygen atoms in total. The Balaban J connectivity index is 1.68. The predicted octanol–water partition coefficient (Wildman–Crippen LogP) is 4.35. The number of carbonyl (C=O) groups is 3. The summed E-state index contributed by atoms with van der Waals surface area (Å²) in [7, 11) is 0. The van der Waals surface area contributed by atoms with E-state index in [0.29, 0.717) is 5.56 Å². The van der Waals surface area contributed by atoms with Gasteiger partial charge in [-0.25, -0.2) is 0 Å². The maximum Gasteiger partial charge on any atom is 0.316 e. The number of hydrogen-bond donors (Lipinski definition) is 1. The van der Waals surface area contributed by atoms with Crippen LogP contribution in [0.4, 0.5) is 5.69 Å². The van der Waals surface area contributed by atoms with Gasteiger partial charge in [-0.2, -0.15) is 0 Å². The average Bonchev–Trinajstić information content (AvgIpc) is 2.69. The molecule has 0 aliphatic rings. The van der Waals surface area contributed by atoms with Crippen molar-refractivity contribution in [3.63, 3.8) is 0 Å². The molecule has 0 heterocycles. The largest absolute Gasteiger partial charge is 0.457 e. The van der Waals surface area contributed by atoms with Crippen molar-refractivity contribution in [2.75, 3.05) is 23.4 Å². The van der Waals surface area contributed by atoms with Gasteiger partial charge >= 0.3 is 5.97 Å². The van der Waals surface area contributed by atoms with Crippen LogP contribution < -0.4 is 5.32 Å². The summed E-state index contributed by atoms with van der Waals surface area (Å²) in [6.45, 7) is 5.73. The van der Waals surface area contributed by atoms with Gasteiger partial charge in [0.1, 0.15) is 0 Å². The monoisotopic (exact) mass is 413 g/mol. The van der Waals surface area contributed by atoms with E-state index in [4.69, 9.17) is 4.74 Å². The number of anilines is 1. The van der Waals surface area contributed by atoms with Gasteiger partial charge in [-0.3, -0.25) is 14.4 Å². The molecule has 0 aliphatic heterocycles. The molecule has 2 aromatic carbocycles. The van der Waals surface area contributed by atoms with E-state index in [-0.39, 0.29) is 29.8 Å². The van der Waals surface area contributed by atoms with Gasteiger partial charge in [0, 0.05) is 11.3 Å². The van der Waals surface area contributed by atoms with Crippen LogP contribution in [0.15, 0.2) is 42.5 Å². The normalized spacial score (nSPS) is 10.4. The molecule has 0 aliphatic carbocycles. The Kier molecular flexibility index (Phi) is 8.93. The van der Waals surface area contributed by atoms with Crippen LogP contribution in [0.2, 0.25) is 0 Å². The number of aryl methyl sites for hydroxylation is 3. The smallest absolute Gasteiger partial charge is 0.316 e. The Morgan fingerprint density at radius 2 is 1.72 bits per heavy atom. The van der Waals surface area contributed by atoms with Crippen LogP contribution in [-0.4, -0.2) is 35.8 Å². The van der Waals surface area contributed by atoms with Crippen LogP contribution in [0.3, 0.4) is 0 Å².